The Kier molecular flexibility index (Phi) is 5.54. The number of β-amino-alcohol motifs (C(OH)–C–C–N with tert-alkyl or cyclic N) is 1. The van der Waals surface area contributed by atoms with Gasteiger partial charge in [-0.05, 0) is 43.1 Å². The van der Waals surface area contributed by atoms with Crippen LogP contribution in [0.25, 0.3) is 0 Å². The average molecular weight is 359 g/mol. The standard InChI is InChI=1S/C20H22FNO4/c21-16-6-3-7-17(11-16)26-14-20(25)9-4-10-22(13-20)12-15-5-1-2-8-18(15)19(23)24/h1-3,5-8,11,25H,4,9-10,12-14H2,(H,23,24)/t20-/m1/s1. The Bertz CT molecular complexity index is 782. The number of hydrogen-bond donors (Lipinski definition) is 2. The van der Waals surface area contributed by atoms with Crippen molar-refractivity contribution in [2.75, 3.05) is 19.7 Å². The molecule has 1 aliphatic heterocycles. The molecule has 0 spiro atoms. The van der Waals surface area contributed by atoms with Crippen molar-refractivity contribution in [3.05, 3.63) is 65.5 Å². The van der Waals surface area contributed by atoms with Crippen molar-refractivity contribution in [3.8, 4) is 5.75 Å². The molecule has 0 aliphatic carbocycles. The third-order valence-corrected chi connectivity index (χ3v) is 4.58. The van der Waals surface area contributed by atoms with Gasteiger partial charge in [-0.3, -0.25) is 4.90 Å². The van der Waals surface area contributed by atoms with Crippen LogP contribution < -0.4 is 4.74 Å². The molecule has 26 heavy (non-hydrogen) atoms. The van der Waals surface area contributed by atoms with Crippen LogP contribution in [0.2, 0.25) is 0 Å². The normalized spacial score (nSPS) is 20.7. The van der Waals surface area contributed by atoms with Crippen molar-refractivity contribution in [2.45, 2.75) is 25.0 Å². The lowest BCUT2D eigenvalue weighted by Crippen LogP contribution is -2.51. The zero-order chi connectivity index (χ0) is 18.6. The van der Waals surface area contributed by atoms with Gasteiger partial charge >= 0.3 is 5.97 Å². The van der Waals surface area contributed by atoms with Crippen LogP contribution >= 0.6 is 0 Å². The highest BCUT2D eigenvalue weighted by atomic mass is 19.1. The first-order valence-electron chi connectivity index (χ1n) is 8.59. The van der Waals surface area contributed by atoms with E-state index in [0.29, 0.717) is 25.3 Å². The summed E-state index contributed by atoms with van der Waals surface area (Å²) in [6.07, 6.45) is 1.36. The molecule has 0 bridgehead atoms. The molecule has 5 nitrogen and oxygen atoms in total. The first-order valence-corrected chi connectivity index (χ1v) is 8.59. The van der Waals surface area contributed by atoms with Gasteiger partial charge in [0.2, 0.25) is 0 Å². The molecule has 3 rings (SSSR count). The summed E-state index contributed by atoms with van der Waals surface area (Å²) in [6.45, 7) is 1.66. The van der Waals surface area contributed by atoms with Gasteiger partial charge in [-0.15, -0.1) is 0 Å². The van der Waals surface area contributed by atoms with E-state index < -0.39 is 11.6 Å². The number of halogens is 1. The van der Waals surface area contributed by atoms with E-state index in [9.17, 15) is 19.4 Å². The van der Waals surface area contributed by atoms with E-state index in [0.717, 1.165) is 18.5 Å². The third-order valence-electron chi connectivity index (χ3n) is 4.58. The molecule has 1 saturated heterocycles. The number of rotatable bonds is 6. The quantitative estimate of drug-likeness (QED) is 0.830. The van der Waals surface area contributed by atoms with E-state index in [1.165, 1.54) is 12.1 Å². The van der Waals surface area contributed by atoms with Gasteiger partial charge in [0, 0.05) is 19.2 Å². The molecule has 0 unspecified atom stereocenters. The molecular formula is C20H22FNO4. The molecule has 2 aromatic rings. The van der Waals surface area contributed by atoms with Gasteiger partial charge in [0.25, 0.3) is 0 Å². The maximum Gasteiger partial charge on any atom is 0.336 e. The monoisotopic (exact) mass is 359 g/mol. The second-order valence-electron chi connectivity index (χ2n) is 6.75. The summed E-state index contributed by atoms with van der Waals surface area (Å²) < 4.78 is 18.8. The van der Waals surface area contributed by atoms with E-state index in [1.807, 2.05) is 11.0 Å². The largest absolute Gasteiger partial charge is 0.490 e. The highest BCUT2D eigenvalue weighted by Gasteiger charge is 2.34. The maximum atomic E-state index is 13.2. The molecule has 1 heterocycles. The van der Waals surface area contributed by atoms with Crippen LogP contribution in [0.5, 0.6) is 5.75 Å². The van der Waals surface area contributed by atoms with Gasteiger partial charge in [0.05, 0.1) is 5.56 Å². The number of aliphatic hydroxyl groups is 1. The summed E-state index contributed by atoms with van der Waals surface area (Å²) in [5, 5.41) is 20.2. The summed E-state index contributed by atoms with van der Waals surface area (Å²) in [7, 11) is 0. The second-order valence-corrected chi connectivity index (χ2v) is 6.75. The highest BCUT2D eigenvalue weighted by molar-refractivity contribution is 5.89. The Labute approximate surface area is 151 Å². The zero-order valence-electron chi connectivity index (χ0n) is 14.4. The number of likely N-dealkylation sites (tertiary alicyclic amines) is 1. The van der Waals surface area contributed by atoms with Crippen molar-refractivity contribution in [2.24, 2.45) is 0 Å². The van der Waals surface area contributed by atoms with Gasteiger partial charge in [-0.1, -0.05) is 24.3 Å². The summed E-state index contributed by atoms with van der Waals surface area (Å²) in [5.41, 5.74) is -0.0594. The topological polar surface area (TPSA) is 70.0 Å². The Morgan fingerprint density at radius 2 is 2.04 bits per heavy atom. The number of carboxylic acid groups (broad SMARTS) is 1. The summed E-state index contributed by atoms with van der Waals surface area (Å²) in [5.74, 6) is -0.959. The number of nitrogens with zero attached hydrogens (tertiary/aromatic N) is 1. The number of benzene rings is 2. The summed E-state index contributed by atoms with van der Waals surface area (Å²) >= 11 is 0. The minimum atomic E-state index is -1.05. The highest BCUT2D eigenvalue weighted by Crippen LogP contribution is 2.25. The van der Waals surface area contributed by atoms with Crippen molar-refractivity contribution in [1.82, 2.24) is 4.90 Å². The van der Waals surface area contributed by atoms with Crippen LogP contribution in [0.15, 0.2) is 48.5 Å². The van der Waals surface area contributed by atoms with Gasteiger partial charge in [0.15, 0.2) is 0 Å². The minimum Gasteiger partial charge on any atom is -0.490 e. The smallest absolute Gasteiger partial charge is 0.336 e. The molecule has 6 heteroatoms. The fraction of sp³-hybridized carbons (Fsp3) is 0.350. The number of carbonyl (C=O) groups is 1. The fourth-order valence-corrected chi connectivity index (χ4v) is 3.34. The molecule has 0 radical (unpaired) electrons. The van der Waals surface area contributed by atoms with E-state index >= 15 is 0 Å². The average Bonchev–Trinajstić information content (AvgIpc) is 2.61. The van der Waals surface area contributed by atoms with E-state index in [2.05, 4.69) is 0 Å². The minimum absolute atomic E-state index is 0.0630. The Hall–Kier alpha value is -2.44. The van der Waals surface area contributed by atoms with Crippen molar-refractivity contribution < 1.29 is 24.1 Å². The molecule has 1 aliphatic rings. The van der Waals surface area contributed by atoms with Crippen LogP contribution in [0.3, 0.4) is 0 Å². The van der Waals surface area contributed by atoms with Crippen molar-refractivity contribution in [1.29, 1.82) is 0 Å². The van der Waals surface area contributed by atoms with Gasteiger partial charge in [0.1, 0.15) is 23.8 Å². The first-order chi connectivity index (χ1) is 12.5. The molecule has 0 amide bonds. The van der Waals surface area contributed by atoms with Crippen LogP contribution in [0, 0.1) is 5.82 Å². The third kappa shape index (κ3) is 4.59. The summed E-state index contributed by atoms with van der Waals surface area (Å²) in [6, 6.07) is 12.7. The molecular weight excluding hydrogens is 337 g/mol. The number of hydrogen-bond acceptors (Lipinski definition) is 4. The second kappa shape index (κ2) is 7.85. The van der Waals surface area contributed by atoms with Crippen LogP contribution in [-0.2, 0) is 6.54 Å². The molecule has 0 saturated carbocycles. The Balaban J connectivity index is 1.64. The first kappa shape index (κ1) is 18.4. The number of ether oxygens (including phenoxy) is 1. The Morgan fingerprint density at radius 1 is 1.23 bits per heavy atom. The number of aromatic carboxylic acids is 1. The number of carboxylic acids is 1. The molecule has 0 aromatic heterocycles. The molecule has 2 N–H and O–H groups in total. The van der Waals surface area contributed by atoms with Crippen molar-refractivity contribution in [3.63, 3.8) is 0 Å². The van der Waals surface area contributed by atoms with E-state index in [4.69, 9.17) is 4.74 Å². The van der Waals surface area contributed by atoms with Gasteiger partial charge in [-0.25, -0.2) is 9.18 Å². The van der Waals surface area contributed by atoms with Crippen LogP contribution in [0.4, 0.5) is 4.39 Å². The predicted octanol–water partition coefficient (Wildman–Crippen LogP) is 2.93. The lowest BCUT2D eigenvalue weighted by molar-refractivity contribution is -0.0621. The van der Waals surface area contributed by atoms with E-state index in [1.54, 1.807) is 30.3 Å². The lowest BCUT2D eigenvalue weighted by atomic mass is 9.93. The van der Waals surface area contributed by atoms with Gasteiger partial charge < -0.3 is 14.9 Å². The number of piperidine rings is 1. The molecule has 138 valence electrons. The van der Waals surface area contributed by atoms with E-state index in [-0.39, 0.29) is 18.0 Å². The predicted molar refractivity (Wildman–Crippen MR) is 94.8 cm³/mol. The fourth-order valence-electron chi connectivity index (χ4n) is 3.34. The molecule has 1 atom stereocenters. The zero-order valence-corrected chi connectivity index (χ0v) is 14.4. The SMILES string of the molecule is O=C(O)c1ccccc1CN1CCC[C@](O)(COc2cccc(F)c2)C1. The molecule has 2 aromatic carbocycles. The lowest BCUT2D eigenvalue weighted by Gasteiger charge is -2.39. The Morgan fingerprint density at radius 3 is 2.81 bits per heavy atom. The van der Waals surface area contributed by atoms with Crippen LogP contribution in [-0.4, -0.2) is 46.4 Å². The van der Waals surface area contributed by atoms with Crippen molar-refractivity contribution >= 4 is 5.97 Å². The molecule has 1 fully saturated rings. The van der Waals surface area contributed by atoms with Crippen LogP contribution in [0.1, 0.15) is 28.8 Å². The summed E-state index contributed by atoms with van der Waals surface area (Å²) in [4.78, 5) is 13.4. The van der Waals surface area contributed by atoms with Gasteiger partial charge in [-0.2, -0.15) is 0 Å². The maximum absolute atomic E-state index is 13.2.